The highest BCUT2D eigenvalue weighted by Gasteiger charge is 2.25. The molecule has 0 saturated carbocycles. The number of nitrogens with one attached hydrogen (secondary N) is 1. The lowest BCUT2D eigenvalue weighted by Crippen LogP contribution is -2.30. The summed E-state index contributed by atoms with van der Waals surface area (Å²) in [7, 11) is 0. The number of fused-ring (bicyclic) bond motifs is 1. The van der Waals surface area contributed by atoms with Gasteiger partial charge in [-0.05, 0) is 31.2 Å². The zero-order valence-electron chi connectivity index (χ0n) is 16.1. The molecule has 150 valence electrons. The van der Waals surface area contributed by atoms with Gasteiger partial charge in [0.15, 0.2) is 11.9 Å². The first-order valence-corrected chi connectivity index (χ1v) is 9.75. The molecule has 6 heteroatoms. The fourth-order valence-corrected chi connectivity index (χ4v) is 3.24. The molecule has 1 aromatic heterocycles. The van der Waals surface area contributed by atoms with Gasteiger partial charge in [-0.15, -0.1) is 0 Å². The molecule has 5 nitrogen and oxygen atoms in total. The van der Waals surface area contributed by atoms with E-state index in [2.05, 4.69) is 5.32 Å². The fraction of sp³-hybridized carbons (Fsp3) is 0.0833. The number of amides is 1. The molecule has 0 aliphatic carbocycles. The highest BCUT2D eigenvalue weighted by molar-refractivity contribution is 6.32. The topological polar surface area (TPSA) is 68.5 Å². The number of carbonyl (C=O) groups excluding carboxylic acids is 2. The van der Waals surface area contributed by atoms with Gasteiger partial charge in [-0.25, -0.2) is 0 Å². The minimum atomic E-state index is -0.849. The summed E-state index contributed by atoms with van der Waals surface area (Å²) in [5.74, 6) is -0.273. The van der Waals surface area contributed by atoms with Crippen LogP contribution in [0.1, 0.15) is 23.0 Å². The van der Waals surface area contributed by atoms with E-state index in [0.717, 1.165) is 0 Å². The molecule has 1 heterocycles. The average Bonchev–Trinajstić information content (AvgIpc) is 3.13. The number of hydrogen-bond donors (Lipinski definition) is 1. The predicted octanol–water partition coefficient (Wildman–Crippen LogP) is 5.72. The Kier molecular flexibility index (Phi) is 5.55. The van der Waals surface area contributed by atoms with Gasteiger partial charge in [-0.2, -0.15) is 0 Å². The second-order valence-electron chi connectivity index (χ2n) is 6.68. The van der Waals surface area contributed by atoms with Crippen LogP contribution in [0.3, 0.4) is 0 Å². The number of ether oxygens (including phenoxy) is 1. The Bertz CT molecular complexity index is 1220. The lowest BCUT2D eigenvalue weighted by atomic mass is 10.1. The Morgan fingerprint density at radius 1 is 0.933 bits per heavy atom. The highest BCUT2D eigenvalue weighted by atomic mass is 35.5. The summed E-state index contributed by atoms with van der Waals surface area (Å²) in [6.07, 6.45) is -0.849. The Hall–Kier alpha value is -3.57. The summed E-state index contributed by atoms with van der Waals surface area (Å²) in [6, 6.07) is 22.8. The maximum atomic E-state index is 13.0. The smallest absolute Gasteiger partial charge is 0.265 e. The lowest BCUT2D eigenvalue weighted by molar-refractivity contribution is -0.122. The van der Waals surface area contributed by atoms with Crippen molar-refractivity contribution in [2.24, 2.45) is 0 Å². The number of halogens is 1. The van der Waals surface area contributed by atoms with Crippen LogP contribution < -0.4 is 10.1 Å². The molecule has 4 aromatic rings. The molecule has 1 atom stereocenters. The van der Waals surface area contributed by atoms with Crippen molar-refractivity contribution in [3.05, 3.63) is 95.2 Å². The summed E-state index contributed by atoms with van der Waals surface area (Å²) in [5, 5.41) is 3.84. The van der Waals surface area contributed by atoms with Crippen LogP contribution in [-0.4, -0.2) is 17.8 Å². The quantitative estimate of drug-likeness (QED) is 0.405. The number of rotatable bonds is 6. The highest BCUT2D eigenvalue weighted by Crippen LogP contribution is 2.33. The zero-order valence-corrected chi connectivity index (χ0v) is 16.8. The number of furan rings is 1. The first kappa shape index (κ1) is 19.7. The summed E-state index contributed by atoms with van der Waals surface area (Å²) in [5.41, 5.74) is 1.29. The summed E-state index contributed by atoms with van der Waals surface area (Å²) in [6.45, 7) is 1.61. The Labute approximate surface area is 178 Å². The van der Waals surface area contributed by atoms with Gasteiger partial charge in [0.05, 0.1) is 10.7 Å². The van der Waals surface area contributed by atoms with E-state index in [1.165, 1.54) is 0 Å². The third-order valence-corrected chi connectivity index (χ3v) is 4.91. The Morgan fingerprint density at radius 2 is 1.60 bits per heavy atom. The van der Waals surface area contributed by atoms with Gasteiger partial charge in [0.2, 0.25) is 5.78 Å². The molecule has 1 amide bonds. The maximum Gasteiger partial charge on any atom is 0.265 e. The minimum absolute atomic E-state index is 0.0701. The van der Waals surface area contributed by atoms with Crippen molar-refractivity contribution in [1.82, 2.24) is 0 Å². The van der Waals surface area contributed by atoms with E-state index >= 15 is 0 Å². The van der Waals surface area contributed by atoms with Crippen LogP contribution in [-0.2, 0) is 4.79 Å². The third kappa shape index (κ3) is 3.93. The molecule has 0 aliphatic heterocycles. The van der Waals surface area contributed by atoms with Crippen molar-refractivity contribution >= 4 is 39.9 Å². The van der Waals surface area contributed by atoms with Crippen molar-refractivity contribution in [3.8, 4) is 5.75 Å². The Balaban J connectivity index is 1.65. The molecule has 1 unspecified atom stereocenters. The van der Waals surface area contributed by atoms with Crippen molar-refractivity contribution in [1.29, 1.82) is 0 Å². The third-order valence-electron chi connectivity index (χ3n) is 4.60. The van der Waals surface area contributed by atoms with Crippen LogP contribution in [0.5, 0.6) is 5.75 Å². The number of anilines is 1. The monoisotopic (exact) mass is 419 g/mol. The molecule has 30 heavy (non-hydrogen) atoms. The zero-order chi connectivity index (χ0) is 21.1. The van der Waals surface area contributed by atoms with Gasteiger partial charge in [0.1, 0.15) is 11.3 Å². The van der Waals surface area contributed by atoms with Gasteiger partial charge in [-0.1, -0.05) is 66.2 Å². The average molecular weight is 420 g/mol. The van der Waals surface area contributed by atoms with E-state index in [1.54, 1.807) is 73.7 Å². The predicted molar refractivity (Wildman–Crippen MR) is 116 cm³/mol. The van der Waals surface area contributed by atoms with Gasteiger partial charge in [0, 0.05) is 10.9 Å². The first-order valence-electron chi connectivity index (χ1n) is 9.38. The molecule has 0 aliphatic rings. The number of hydrogen-bond acceptors (Lipinski definition) is 4. The van der Waals surface area contributed by atoms with Crippen molar-refractivity contribution in [2.75, 3.05) is 5.32 Å². The van der Waals surface area contributed by atoms with E-state index in [4.69, 9.17) is 20.8 Å². The molecule has 0 spiro atoms. The van der Waals surface area contributed by atoms with Gasteiger partial charge in [0.25, 0.3) is 5.91 Å². The van der Waals surface area contributed by atoms with Gasteiger partial charge < -0.3 is 14.5 Å². The molecular weight excluding hydrogens is 402 g/mol. The van der Waals surface area contributed by atoms with Crippen molar-refractivity contribution in [2.45, 2.75) is 13.0 Å². The number of para-hydroxylation sites is 2. The number of carbonyl (C=O) groups is 2. The molecule has 0 fully saturated rings. The summed E-state index contributed by atoms with van der Waals surface area (Å²) >= 11 is 6.11. The molecule has 4 rings (SSSR count). The van der Waals surface area contributed by atoms with Crippen LogP contribution >= 0.6 is 11.6 Å². The van der Waals surface area contributed by atoms with Gasteiger partial charge in [-0.3, -0.25) is 9.59 Å². The normalized spacial score (nSPS) is 11.8. The molecule has 0 bridgehead atoms. The van der Waals surface area contributed by atoms with E-state index < -0.39 is 12.0 Å². The minimum Gasteiger partial charge on any atom is -0.479 e. The van der Waals surface area contributed by atoms with E-state index in [0.29, 0.717) is 33.0 Å². The van der Waals surface area contributed by atoms with Crippen LogP contribution in [0.2, 0.25) is 5.02 Å². The Morgan fingerprint density at radius 3 is 2.37 bits per heavy atom. The van der Waals surface area contributed by atoms with E-state index in [9.17, 15) is 9.59 Å². The largest absolute Gasteiger partial charge is 0.479 e. The summed E-state index contributed by atoms with van der Waals surface area (Å²) in [4.78, 5) is 25.9. The standard InChI is InChI=1S/C24H18ClNO4/c1-15(29-20-14-8-6-12-18(20)25)24(28)26-21-17-11-5-7-13-19(17)30-23(21)22(27)16-9-3-2-4-10-16/h2-15H,1H3,(H,26,28). The lowest BCUT2D eigenvalue weighted by Gasteiger charge is -2.15. The number of ketones is 1. The van der Waals surface area contributed by atoms with Crippen LogP contribution in [0.15, 0.2) is 83.3 Å². The van der Waals surface area contributed by atoms with Crippen LogP contribution in [0.4, 0.5) is 5.69 Å². The molecule has 0 radical (unpaired) electrons. The van der Waals surface area contributed by atoms with Gasteiger partial charge >= 0.3 is 0 Å². The van der Waals surface area contributed by atoms with E-state index in [-0.39, 0.29) is 11.5 Å². The molecule has 3 aromatic carbocycles. The van der Waals surface area contributed by atoms with Crippen molar-refractivity contribution < 1.29 is 18.7 Å². The first-order chi connectivity index (χ1) is 14.5. The fourth-order valence-electron chi connectivity index (χ4n) is 3.06. The second-order valence-corrected chi connectivity index (χ2v) is 7.08. The molecule has 0 saturated heterocycles. The molecular formula is C24H18ClNO4. The molecule has 1 N–H and O–H groups in total. The van der Waals surface area contributed by atoms with Crippen molar-refractivity contribution in [3.63, 3.8) is 0 Å². The second kappa shape index (κ2) is 8.43. The van der Waals surface area contributed by atoms with Crippen LogP contribution in [0.25, 0.3) is 11.0 Å². The van der Waals surface area contributed by atoms with E-state index in [1.807, 2.05) is 12.1 Å². The van der Waals surface area contributed by atoms with Crippen LogP contribution in [0, 0.1) is 0 Å². The number of benzene rings is 3. The SMILES string of the molecule is CC(Oc1ccccc1Cl)C(=O)Nc1c(C(=O)c2ccccc2)oc2ccccc12. The maximum absolute atomic E-state index is 13.0. The summed E-state index contributed by atoms with van der Waals surface area (Å²) < 4.78 is 11.5.